The van der Waals surface area contributed by atoms with E-state index < -0.39 is 39.7 Å². The van der Waals surface area contributed by atoms with E-state index in [1.165, 1.54) is 25.2 Å². The second kappa shape index (κ2) is 11.9. The third-order valence-electron chi connectivity index (χ3n) is 7.08. The van der Waals surface area contributed by atoms with E-state index in [2.05, 4.69) is 20.7 Å². The van der Waals surface area contributed by atoms with Crippen molar-refractivity contribution in [1.82, 2.24) is 15.4 Å². The minimum absolute atomic E-state index is 0.0771. The molecule has 14 heteroatoms. The fourth-order valence-electron chi connectivity index (χ4n) is 5.05. The van der Waals surface area contributed by atoms with Crippen LogP contribution in [-0.4, -0.2) is 52.6 Å². The van der Waals surface area contributed by atoms with Gasteiger partial charge in [0.15, 0.2) is 5.60 Å². The molecule has 1 unspecified atom stereocenters. The van der Waals surface area contributed by atoms with E-state index in [0.717, 1.165) is 4.90 Å². The Labute approximate surface area is 252 Å². The number of fused-ring (bicyclic) bond motifs is 2. The van der Waals surface area contributed by atoms with Gasteiger partial charge in [0.25, 0.3) is 5.91 Å². The smallest absolute Gasteiger partial charge is 0.422 e. The quantitative estimate of drug-likeness (QED) is 0.308. The number of imide groups is 1. The Bertz CT molecular complexity index is 1650. The van der Waals surface area contributed by atoms with Crippen LogP contribution in [0, 0.1) is 0 Å². The zero-order valence-electron chi connectivity index (χ0n) is 22.3. The largest absolute Gasteiger partial charge is 0.436 e. The van der Waals surface area contributed by atoms with Gasteiger partial charge in [-0.25, -0.2) is 22.9 Å². The van der Waals surface area contributed by atoms with Crippen molar-refractivity contribution in [2.75, 3.05) is 30.4 Å². The summed E-state index contributed by atoms with van der Waals surface area (Å²) in [6, 6.07) is 15.4. The first-order chi connectivity index (χ1) is 20.0. The van der Waals surface area contributed by atoms with Crippen LogP contribution in [0.4, 0.5) is 21.0 Å². The lowest BCUT2D eigenvalue weighted by atomic mass is 9.89. The molecule has 2 atom stereocenters. The zero-order valence-corrected chi connectivity index (χ0v) is 24.6. The van der Waals surface area contributed by atoms with Crippen LogP contribution < -0.4 is 25.6 Å². The number of nitrogens with zero attached hydrogens (tertiary/aromatic N) is 1. The molecular formula is C28H27Cl2N5O6S. The Balaban J connectivity index is 1.51. The van der Waals surface area contributed by atoms with Crippen LogP contribution in [0.1, 0.15) is 17.5 Å². The number of anilines is 2. The molecule has 1 fully saturated rings. The topological polar surface area (TPSA) is 146 Å². The molecule has 220 valence electrons. The van der Waals surface area contributed by atoms with Crippen LogP contribution in [0.2, 0.25) is 10.0 Å². The van der Waals surface area contributed by atoms with Gasteiger partial charge in [0.1, 0.15) is 10.9 Å². The number of ether oxygens (including phenoxy) is 1. The van der Waals surface area contributed by atoms with E-state index in [0.29, 0.717) is 35.7 Å². The molecule has 4 amide bonds. The van der Waals surface area contributed by atoms with Crippen molar-refractivity contribution in [3.8, 4) is 0 Å². The fraction of sp³-hybridized carbons (Fsp3) is 0.250. The molecule has 1 spiro atoms. The number of carbonyl (C=O) groups excluding carboxylic acids is 3. The summed E-state index contributed by atoms with van der Waals surface area (Å²) in [6.45, 7) is 0.944. The highest BCUT2D eigenvalue weighted by atomic mass is 35.5. The Morgan fingerprint density at radius 1 is 1.10 bits per heavy atom. The summed E-state index contributed by atoms with van der Waals surface area (Å²) in [5, 5.41) is 8.29. The second-order valence-electron chi connectivity index (χ2n) is 9.84. The summed E-state index contributed by atoms with van der Waals surface area (Å²) in [5.74, 6) is -0.842. The van der Waals surface area contributed by atoms with Gasteiger partial charge in [0.2, 0.25) is 10.0 Å². The van der Waals surface area contributed by atoms with Crippen LogP contribution in [0.15, 0.2) is 71.6 Å². The van der Waals surface area contributed by atoms with Gasteiger partial charge in [0, 0.05) is 36.3 Å². The summed E-state index contributed by atoms with van der Waals surface area (Å²) in [7, 11) is -2.98. The molecule has 2 aliphatic heterocycles. The standard InChI is InChI=1S/C28H27Cl2N5O6S/c1-31-26(37)33-19-8-10-24(21(30)15-19)42(39,40)34-22(13-17-5-3-2-4-6-17)25(36)35-23-9-7-18(29)14-20(23)28(41-27(35)38)11-12-32-16-28/h2-10,14-15,22,32,34H,11-13,16H2,1H3,(H2,31,33,37)/t22-,28?/m0/s1. The minimum atomic E-state index is -4.41. The number of carbonyl (C=O) groups is 3. The number of amides is 4. The molecule has 1 saturated heterocycles. The van der Waals surface area contributed by atoms with Crippen LogP contribution in [-0.2, 0) is 31.6 Å². The van der Waals surface area contributed by atoms with Gasteiger partial charge in [-0.15, -0.1) is 0 Å². The average molecular weight is 633 g/mol. The number of sulfonamides is 1. The lowest BCUT2D eigenvalue weighted by Crippen LogP contribution is -2.56. The Morgan fingerprint density at radius 2 is 1.86 bits per heavy atom. The molecule has 0 saturated carbocycles. The highest BCUT2D eigenvalue weighted by Crippen LogP contribution is 2.44. The van der Waals surface area contributed by atoms with E-state index in [4.69, 9.17) is 27.9 Å². The zero-order chi connectivity index (χ0) is 30.1. The van der Waals surface area contributed by atoms with E-state index in [-0.39, 0.29) is 27.7 Å². The lowest BCUT2D eigenvalue weighted by molar-refractivity contribution is -0.120. The van der Waals surface area contributed by atoms with Crippen LogP contribution >= 0.6 is 23.2 Å². The molecule has 2 heterocycles. The van der Waals surface area contributed by atoms with Gasteiger partial charge in [-0.3, -0.25) is 4.79 Å². The Kier molecular flexibility index (Phi) is 8.44. The summed E-state index contributed by atoms with van der Waals surface area (Å²) in [6.07, 6.45) is -0.512. The van der Waals surface area contributed by atoms with Gasteiger partial charge < -0.3 is 20.7 Å². The number of urea groups is 1. The predicted molar refractivity (Wildman–Crippen MR) is 158 cm³/mol. The molecular weight excluding hydrogens is 605 g/mol. The number of hydrogen-bond donors (Lipinski definition) is 4. The number of nitrogens with one attached hydrogen (secondary N) is 4. The summed E-state index contributed by atoms with van der Waals surface area (Å²) >= 11 is 12.6. The molecule has 4 N–H and O–H groups in total. The first-order valence-corrected chi connectivity index (χ1v) is 15.2. The van der Waals surface area contributed by atoms with E-state index in [1.807, 2.05) is 0 Å². The molecule has 5 rings (SSSR count). The van der Waals surface area contributed by atoms with Gasteiger partial charge in [-0.05, 0) is 54.9 Å². The number of halogens is 2. The SMILES string of the molecule is CNC(=O)Nc1ccc(S(=O)(=O)N[C@@H](Cc2ccccc2)C(=O)N2C(=O)OC3(CCNC3)c3cc(Cl)ccc32)c(Cl)c1. The second-order valence-corrected chi connectivity index (χ2v) is 12.4. The summed E-state index contributed by atoms with van der Waals surface area (Å²) in [5.41, 5.74) is 0.728. The molecule has 2 aliphatic rings. The highest BCUT2D eigenvalue weighted by Gasteiger charge is 2.50. The van der Waals surface area contributed by atoms with Gasteiger partial charge >= 0.3 is 12.1 Å². The normalized spacial score (nSPS) is 18.7. The lowest BCUT2D eigenvalue weighted by Gasteiger charge is -2.40. The van der Waals surface area contributed by atoms with Crippen molar-refractivity contribution in [3.05, 3.63) is 87.9 Å². The van der Waals surface area contributed by atoms with Crippen molar-refractivity contribution in [1.29, 1.82) is 0 Å². The first kappa shape index (κ1) is 29.8. The number of rotatable bonds is 7. The third-order valence-corrected chi connectivity index (χ3v) is 9.27. The number of benzene rings is 3. The first-order valence-electron chi connectivity index (χ1n) is 13.0. The van der Waals surface area contributed by atoms with Crippen molar-refractivity contribution in [3.63, 3.8) is 0 Å². The minimum Gasteiger partial charge on any atom is -0.436 e. The maximum atomic E-state index is 14.1. The molecule has 0 bridgehead atoms. The molecule has 11 nitrogen and oxygen atoms in total. The van der Waals surface area contributed by atoms with E-state index in [1.54, 1.807) is 48.5 Å². The molecule has 0 aromatic heterocycles. The molecule has 0 aliphatic carbocycles. The maximum absolute atomic E-state index is 14.1. The highest BCUT2D eigenvalue weighted by molar-refractivity contribution is 7.89. The van der Waals surface area contributed by atoms with Crippen molar-refractivity contribution in [2.45, 2.75) is 29.4 Å². The Morgan fingerprint density at radius 3 is 2.52 bits per heavy atom. The molecule has 42 heavy (non-hydrogen) atoms. The summed E-state index contributed by atoms with van der Waals surface area (Å²) in [4.78, 5) is 39.7. The van der Waals surface area contributed by atoms with Crippen LogP contribution in [0.5, 0.6) is 0 Å². The van der Waals surface area contributed by atoms with Crippen LogP contribution in [0.3, 0.4) is 0 Å². The van der Waals surface area contributed by atoms with Gasteiger partial charge in [-0.2, -0.15) is 4.72 Å². The molecule has 3 aromatic carbocycles. The molecule has 3 aromatic rings. The third kappa shape index (κ3) is 5.94. The average Bonchev–Trinajstić information content (AvgIpc) is 3.42. The van der Waals surface area contributed by atoms with E-state index >= 15 is 0 Å². The van der Waals surface area contributed by atoms with Crippen LogP contribution in [0.25, 0.3) is 0 Å². The predicted octanol–water partition coefficient (Wildman–Crippen LogP) is 4.01. The molecule has 0 radical (unpaired) electrons. The van der Waals surface area contributed by atoms with Gasteiger partial charge in [0.05, 0.1) is 10.7 Å². The van der Waals surface area contributed by atoms with E-state index in [9.17, 15) is 22.8 Å². The number of hydrogen-bond acceptors (Lipinski definition) is 7. The summed E-state index contributed by atoms with van der Waals surface area (Å²) < 4.78 is 35.5. The van der Waals surface area contributed by atoms with Crippen molar-refractivity contribution < 1.29 is 27.5 Å². The van der Waals surface area contributed by atoms with Crippen molar-refractivity contribution >= 4 is 62.6 Å². The Hall–Kier alpha value is -3.68. The van der Waals surface area contributed by atoms with Gasteiger partial charge in [-0.1, -0.05) is 53.5 Å². The van der Waals surface area contributed by atoms with Crippen molar-refractivity contribution in [2.24, 2.45) is 0 Å². The fourth-order valence-corrected chi connectivity index (χ4v) is 6.96. The monoisotopic (exact) mass is 631 g/mol. The maximum Gasteiger partial charge on any atom is 0.422 e.